The Morgan fingerprint density at radius 3 is 2.67 bits per heavy atom. The molecule has 0 aliphatic heterocycles. The molecule has 12 heavy (non-hydrogen) atoms. The number of hydrogen-bond donors (Lipinski definition) is 1. The van der Waals surface area contributed by atoms with Gasteiger partial charge in [-0.05, 0) is 12.8 Å². The molecule has 2 heteroatoms. The molecule has 1 nitrogen and oxygen atoms in total. The van der Waals surface area contributed by atoms with E-state index in [1.54, 1.807) is 11.3 Å². The summed E-state index contributed by atoms with van der Waals surface area (Å²) in [5.74, 6) is 1.64. The molecule has 1 aromatic heterocycles. The van der Waals surface area contributed by atoms with Crippen molar-refractivity contribution in [3.8, 4) is 5.75 Å². The van der Waals surface area contributed by atoms with Crippen LogP contribution in [-0.2, 0) is 0 Å². The minimum absolute atomic E-state index is 0.510. The molecule has 2 atom stereocenters. The van der Waals surface area contributed by atoms with Crippen LogP contribution in [0.25, 0.3) is 0 Å². The molecule has 0 fully saturated rings. The molecule has 2 bridgehead atoms. The van der Waals surface area contributed by atoms with Gasteiger partial charge in [0.05, 0.1) is 0 Å². The van der Waals surface area contributed by atoms with Gasteiger partial charge in [0.2, 0.25) is 0 Å². The highest BCUT2D eigenvalue weighted by Gasteiger charge is 2.32. The van der Waals surface area contributed by atoms with E-state index < -0.39 is 0 Å². The van der Waals surface area contributed by atoms with Crippen molar-refractivity contribution in [3.63, 3.8) is 0 Å². The van der Waals surface area contributed by atoms with Gasteiger partial charge in [-0.15, -0.1) is 11.3 Å². The molecule has 0 aromatic carbocycles. The fourth-order valence-corrected chi connectivity index (χ4v) is 3.43. The SMILES string of the molecule is Oc1csc2c1C1C=CC2CC1. The zero-order valence-electron chi connectivity index (χ0n) is 6.66. The van der Waals surface area contributed by atoms with Gasteiger partial charge in [-0.25, -0.2) is 0 Å². The molecule has 0 saturated carbocycles. The Morgan fingerprint density at radius 1 is 1.25 bits per heavy atom. The molecule has 1 heterocycles. The number of aromatic hydroxyl groups is 1. The van der Waals surface area contributed by atoms with E-state index in [0.29, 0.717) is 17.6 Å². The predicted molar refractivity (Wildman–Crippen MR) is 49.8 cm³/mol. The number of fused-ring (bicyclic) bond motifs is 1. The van der Waals surface area contributed by atoms with E-state index in [4.69, 9.17) is 0 Å². The highest BCUT2D eigenvalue weighted by molar-refractivity contribution is 7.10. The monoisotopic (exact) mass is 178 g/mol. The zero-order valence-corrected chi connectivity index (χ0v) is 7.47. The lowest BCUT2D eigenvalue weighted by Gasteiger charge is -2.30. The molecular weight excluding hydrogens is 168 g/mol. The Morgan fingerprint density at radius 2 is 2.00 bits per heavy atom. The van der Waals surface area contributed by atoms with Gasteiger partial charge < -0.3 is 5.11 Å². The van der Waals surface area contributed by atoms with Crippen LogP contribution >= 0.6 is 11.3 Å². The second kappa shape index (κ2) is 2.13. The minimum Gasteiger partial charge on any atom is -0.507 e. The first kappa shape index (κ1) is 6.72. The first-order valence-corrected chi connectivity index (χ1v) is 5.23. The van der Waals surface area contributed by atoms with E-state index in [1.165, 1.54) is 23.3 Å². The van der Waals surface area contributed by atoms with Gasteiger partial charge in [-0.3, -0.25) is 0 Å². The topological polar surface area (TPSA) is 20.2 Å². The largest absolute Gasteiger partial charge is 0.507 e. The van der Waals surface area contributed by atoms with Crippen LogP contribution in [0.15, 0.2) is 17.5 Å². The zero-order chi connectivity index (χ0) is 8.13. The van der Waals surface area contributed by atoms with Gasteiger partial charge in [0, 0.05) is 27.7 Å². The van der Waals surface area contributed by atoms with E-state index in [0.717, 1.165) is 0 Å². The summed E-state index contributed by atoms with van der Waals surface area (Å²) >= 11 is 1.71. The minimum atomic E-state index is 0.510. The summed E-state index contributed by atoms with van der Waals surface area (Å²) in [4.78, 5) is 1.41. The van der Waals surface area contributed by atoms with Gasteiger partial charge in [-0.1, -0.05) is 12.2 Å². The lowest BCUT2D eigenvalue weighted by molar-refractivity contribution is 0.454. The van der Waals surface area contributed by atoms with Crippen molar-refractivity contribution in [2.24, 2.45) is 0 Å². The van der Waals surface area contributed by atoms with Gasteiger partial charge in [0.25, 0.3) is 0 Å². The molecule has 3 aliphatic rings. The normalized spacial score (nSPS) is 30.7. The van der Waals surface area contributed by atoms with Crippen molar-refractivity contribution < 1.29 is 5.11 Å². The summed E-state index contributed by atoms with van der Waals surface area (Å²) in [6.07, 6.45) is 7.04. The second-order valence-corrected chi connectivity index (χ2v) is 4.49. The van der Waals surface area contributed by atoms with Crippen molar-refractivity contribution in [2.75, 3.05) is 0 Å². The smallest absolute Gasteiger partial charge is 0.130 e. The van der Waals surface area contributed by atoms with Crippen LogP contribution in [0.1, 0.15) is 35.1 Å². The van der Waals surface area contributed by atoms with E-state index in [2.05, 4.69) is 12.2 Å². The average Bonchev–Trinajstić information content (AvgIpc) is 2.53. The third-order valence-corrected chi connectivity index (χ3v) is 4.03. The highest BCUT2D eigenvalue weighted by atomic mass is 32.1. The van der Waals surface area contributed by atoms with Gasteiger partial charge in [0.15, 0.2) is 0 Å². The van der Waals surface area contributed by atoms with Crippen LogP contribution in [0.5, 0.6) is 5.75 Å². The van der Waals surface area contributed by atoms with Gasteiger partial charge >= 0.3 is 0 Å². The fraction of sp³-hybridized carbons (Fsp3) is 0.400. The van der Waals surface area contributed by atoms with Crippen LogP contribution < -0.4 is 0 Å². The number of rotatable bonds is 0. The second-order valence-electron chi connectivity index (χ2n) is 3.57. The standard InChI is InChI=1S/C10H10OS/c11-8-5-12-10-7-3-1-6(2-4-7)9(8)10/h1,3,5-7,11H,2,4H2. The molecule has 1 aromatic rings. The fourth-order valence-electron chi connectivity index (χ4n) is 2.31. The summed E-state index contributed by atoms with van der Waals surface area (Å²) in [5, 5.41) is 11.5. The van der Waals surface area contributed by atoms with Crippen LogP contribution in [0.4, 0.5) is 0 Å². The van der Waals surface area contributed by atoms with Crippen LogP contribution in [0.2, 0.25) is 0 Å². The van der Waals surface area contributed by atoms with E-state index in [1.807, 2.05) is 5.38 Å². The Bertz CT molecular complexity index is 351. The molecule has 2 unspecified atom stereocenters. The Kier molecular flexibility index (Phi) is 1.20. The highest BCUT2D eigenvalue weighted by Crippen LogP contribution is 2.51. The van der Waals surface area contributed by atoms with Crippen LogP contribution in [0.3, 0.4) is 0 Å². The van der Waals surface area contributed by atoms with E-state index in [9.17, 15) is 5.11 Å². The van der Waals surface area contributed by atoms with Crippen LogP contribution in [-0.4, -0.2) is 5.11 Å². The lowest BCUT2D eigenvalue weighted by atomic mass is 9.76. The quantitative estimate of drug-likeness (QED) is 0.605. The maximum absolute atomic E-state index is 9.59. The van der Waals surface area contributed by atoms with Crippen molar-refractivity contribution in [2.45, 2.75) is 24.7 Å². The third kappa shape index (κ3) is 0.686. The molecule has 3 aliphatic carbocycles. The van der Waals surface area contributed by atoms with Crippen molar-refractivity contribution in [1.82, 2.24) is 0 Å². The molecule has 0 amide bonds. The van der Waals surface area contributed by atoms with Crippen LogP contribution in [0, 0.1) is 0 Å². The Hall–Kier alpha value is -0.760. The lowest BCUT2D eigenvalue weighted by Crippen LogP contribution is -2.14. The van der Waals surface area contributed by atoms with E-state index >= 15 is 0 Å². The van der Waals surface area contributed by atoms with Crippen molar-refractivity contribution in [3.05, 3.63) is 28.0 Å². The third-order valence-electron chi connectivity index (χ3n) is 2.91. The molecule has 1 N–H and O–H groups in total. The first-order chi connectivity index (χ1) is 5.86. The molecule has 0 spiro atoms. The number of allylic oxidation sites excluding steroid dienone is 2. The number of hydrogen-bond acceptors (Lipinski definition) is 2. The van der Waals surface area contributed by atoms with Gasteiger partial charge in [0.1, 0.15) is 5.75 Å². The number of thiophene rings is 1. The Balaban J connectivity index is 2.26. The molecular formula is C10H10OS. The first-order valence-electron chi connectivity index (χ1n) is 4.35. The summed E-state index contributed by atoms with van der Waals surface area (Å²) in [6.45, 7) is 0. The van der Waals surface area contributed by atoms with Gasteiger partial charge in [-0.2, -0.15) is 0 Å². The average molecular weight is 178 g/mol. The Labute approximate surface area is 75.4 Å². The molecule has 4 rings (SSSR count). The molecule has 62 valence electrons. The summed E-state index contributed by atoms with van der Waals surface area (Å²) < 4.78 is 0. The van der Waals surface area contributed by atoms with E-state index in [-0.39, 0.29) is 0 Å². The predicted octanol–water partition coefficient (Wildman–Crippen LogP) is 2.98. The molecule has 0 radical (unpaired) electrons. The summed E-state index contributed by atoms with van der Waals surface area (Å²) in [7, 11) is 0. The molecule has 0 saturated heterocycles. The van der Waals surface area contributed by atoms with Crippen molar-refractivity contribution in [1.29, 1.82) is 0 Å². The summed E-state index contributed by atoms with van der Waals surface area (Å²) in [5.41, 5.74) is 1.22. The maximum atomic E-state index is 9.59. The summed E-state index contributed by atoms with van der Waals surface area (Å²) in [6, 6.07) is 0. The van der Waals surface area contributed by atoms with Crippen molar-refractivity contribution >= 4 is 11.3 Å². The maximum Gasteiger partial charge on any atom is 0.130 e.